The maximum Gasteiger partial charge on any atom is 0.267 e. The Labute approximate surface area is 94.5 Å². The summed E-state index contributed by atoms with van der Waals surface area (Å²) in [7, 11) is 0. The van der Waals surface area contributed by atoms with Gasteiger partial charge in [-0.2, -0.15) is 0 Å². The lowest BCUT2D eigenvalue weighted by Crippen LogP contribution is -2.26. The van der Waals surface area contributed by atoms with Gasteiger partial charge in [0.25, 0.3) is 5.56 Å². The van der Waals surface area contributed by atoms with Crippen molar-refractivity contribution in [3.8, 4) is 0 Å². The van der Waals surface area contributed by atoms with Crippen molar-refractivity contribution in [2.45, 2.75) is 19.4 Å². The van der Waals surface area contributed by atoms with Crippen LogP contribution in [0.4, 0.5) is 0 Å². The number of aromatic nitrogens is 2. The Morgan fingerprint density at radius 1 is 1.64 bits per heavy atom. The minimum atomic E-state index is -0.130. The molecule has 1 aliphatic rings. The predicted octanol–water partition coefficient (Wildman–Crippen LogP) is 0.827. The number of hydrogen-bond donors (Lipinski definition) is 0. The molecule has 1 heterocycles. The van der Waals surface area contributed by atoms with Crippen LogP contribution >= 0.6 is 22.6 Å². The molecule has 0 N–H and O–H groups in total. The Morgan fingerprint density at radius 2 is 2.36 bits per heavy atom. The van der Waals surface area contributed by atoms with Crippen LogP contribution in [0.2, 0.25) is 0 Å². The molecule has 0 amide bonds. The largest absolute Gasteiger partial charge is 0.297 e. The first kappa shape index (κ1) is 9.82. The average Bonchev–Trinajstić information content (AvgIpc) is 2.95. The Hall–Kier alpha value is -0.720. The van der Waals surface area contributed by atoms with Crippen molar-refractivity contribution in [2.75, 3.05) is 0 Å². The van der Waals surface area contributed by atoms with Crippen LogP contribution in [0.15, 0.2) is 17.3 Å². The van der Waals surface area contributed by atoms with Crippen LogP contribution in [0.1, 0.15) is 12.8 Å². The monoisotopic (exact) mass is 304 g/mol. The van der Waals surface area contributed by atoms with E-state index in [1.807, 2.05) is 22.6 Å². The van der Waals surface area contributed by atoms with Gasteiger partial charge >= 0.3 is 0 Å². The molecule has 2 rings (SSSR count). The quantitative estimate of drug-likeness (QED) is 0.777. The zero-order valence-corrected chi connectivity index (χ0v) is 9.60. The molecule has 0 bridgehead atoms. The topological polar surface area (TPSA) is 52.0 Å². The summed E-state index contributed by atoms with van der Waals surface area (Å²) < 4.78 is 1.93. The number of carbonyl (C=O) groups excluding carboxylic acids is 1. The van der Waals surface area contributed by atoms with Crippen LogP contribution in [0.5, 0.6) is 0 Å². The summed E-state index contributed by atoms with van der Waals surface area (Å²) >= 11 is 1.92. The smallest absolute Gasteiger partial charge is 0.267 e. The number of nitrogens with zero attached hydrogens (tertiary/aromatic N) is 2. The Bertz CT molecular complexity index is 423. The molecule has 74 valence electrons. The SMILES string of the molecule is O=C(Cn1cncc(I)c1=O)C1CC1. The van der Waals surface area contributed by atoms with Gasteiger partial charge in [0.2, 0.25) is 0 Å². The van der Waals surface area contributed by atoms with E-state index in [1.165, 1.54) is 17.1 Å². The third-order valence-electron chi connectivity index (χ3n) is 2.22. The average molecular weight is 304 g/mol. The molecule has 0 aromatic carbocycles. The van der Waals surface area contributed by atoms with Gasteiger partial charge in [-0.15, -0.1) is 0 Å². The molecule has 0 aliphatic heterocycles. The molecule has 0 radical (unpaired) electrons. The van der Waals surface area contributed by atoms with Crippen LogP contribution in [0.25, 0.3) is 0 Å². The predicted molar refractivity (Wildman–Crippen MR) is 58.9 cm³/mol. The van der Waals surface area contributed by atoms with Gasteiger partial charge in [-0.1, -0.05) is 0 Å². The van der Waals surface area contributed by atoms with Crippen molar-refractivity contribution in [3.05, 3.63) is 26.4 Å². The molecular formula is C9H9IN2O2. The van der Waals surface area contributed by atoms with E-state index >= 15 is 0 Å². The van der Waals surface area contributed by atoms with E-state index in [0.29, 0.717) is 3.57 Å². The molecule has 1 aromatic rings. The first-order valence-corrected chi connectivity index (χ1v) is 5.49. The molecule has 4 nitrogen and oxygen atoms in total. The number of Topliss-reactive ketones (excluding diaryl/α,β-unsaturated/α-hetero) is 1. The number of ketones is 1. The van der Waals surface area contributed by atoms with Gasteiger partial charge in [-0.25, -0.2) is 4.98 Å². The number of carbonyl (C=O) groups is 1. The standard InChI is InChI=1S/C9H9IN2O2/c10-7-3-11-5-12(9(7)14)4-8(13)6-1-2-6/h3,5-6H,1-2,4H2. The zero-order chi connectivity index (χ0) is 10.1. The van der Waals surface area contributed by atoms with Gasteiger partial charge in [-0.05, 0) is 35.4 Å². The first-order chi connectivity index (χ1) is 6.68. The van der Waals surface area contributed by atoms with Crippen molar-refractivity contribution in [1.29, 1.82) is 0 Å². The highest BCUT2D eigenvalue weighted by Gasteiger charge is 2.29. The van der Waals surface area contributed by atoms with Crippen molar-refractivity contribution < 1.29 is 4.79 Å². The fourth-order valence-electron chi connectivity index (χ4n) is 1.24. The van der Waals surface area contributed by atoms with E-state index in [0.717, 1.165) is 12.8 Å². The zero-order valence-electron chi connectivity index (χ0n) is 7.44. The summed E-state index contributed by atoms with van der Waals surface area (Å²) in [4.78, 5) is 26.8. The lowest BCUT2D eigenvalue weighted by Gasteiger charge is -2.02. The Balaban J connectivity index is 2.19. The molecular weight excluding hydrogens is 295 g/mol. The van der Waals surface area contributed by atoms with Crippen LogP contribution in [-0.2, 0) is 11.3 Å². The van der Waals surface area contributed by atoms with Gasteiger partial charge in [0.15, 0.2) is 5.78 Å². The second-order valence-electron chi connectivity index (χ2n) is 3.42. The maximum atomic E-state index is 11.5. The number of rotatable bonds is 3. The first-order valence-electron chi connectivity index (χ1n) is 4.41. The Kier molecular flexibility index (Phi) is 2.66. The highest BCUT2D eigenvalue weighted by molar-refractivity contribution is 14.1. The van der Waals surface area contributed by atoms with Gasteiger partial charge in [0.1, 0.15) is 0 Å². The maximum absolute atomic E-state index is 11.5. The van der Waals surface area contributed by atoms with E-state index in [4.69, 9.17) is 0 Å². The summed E-state index contributed by atoms with van der Waals surface area (Å²) in [6, 6.07) is 0. The van der Waals surface area contributed by atoms with Gasteiger partial charge in [0.05, 0.1) is 16.4 Å². The molecule has 0 unspecified atom stereocenters. The van der Waals surface area contributed by atoms with E-state index in [1.54, 1.807) is 0 Å². The molecule has 1 aliphatic carbocycles. The molecule has 1 saturated carbocycles. The van der Waals surface area contributed by atoms with E-state index in [-0.39, 0.29) is 23.8 Å². The Morgan fingerprint density at radius 3 is 3.00 bits per heavy atom. The number of halogens is 1. The van der Waals surface area contributed by atoms with E-state index in [2.05, 4.69) is 4.98 Å². The van der Waals surface area contributed by atoms with Crippen LogP contribution < -0.4 is 5.56 Å². The van der Waals surface area contributed by atoms with Crippen molar-refractivity contribution in [1.82, 2.24) is 9.55 Å². The van der Waals surface area contributed by atoms with Crippen LogP contribution in [0, 0.1) is 9.49 Å². The third kappa shape index (κ3) is 2.02. The highest BCUT2D eigenvalue weighted by Crippen LogP contribution is 2.29. The molecule has 1 aromatic heterocycles. The number of hydrogen-bond acceptors (Lipinski definition) is 3. The summed E-state index contributed by atoms with van der Waals surface area (Å²) in [5.74, 6) is 0.343. The van der Waals surface area contributed by atoms with Gasteiger partial charge in [0, 0.05) is 12.1 Å². The van der Waals surface area contributed by atoms with E-state index < -0.39 is 0 Å². The molecule has 14 heavy (non-hydrogen) atoms. The van der Waals surface area contributed by atoms with Crippen molar-refractivity contribution in [3.63, 3.8) is 0 Å². The summed E-state index contributed by atoms with van der Waals surface area (Å²) in [6.07, 6.45) is 4.88. The fraction of sp³-hybridized carbons (Fsp3) is 0.444. The van der Waals surface area contributed by atoms with Gasteiger partial charge in [-0.3, -0.25) is 14.2 Å². The summed E-state index contributed by atoms with van der Waals surface area (Å²) in [6.45, 7) is 0.174. The highest BCUT2D eigenvalue weighted by atomic mass is 127. The third-order valence-corrected chi connectivity index (χ3v) is 2.96. The van der Waals surface area contributed by atoms with E-state index in [9.17, 15) is 9.59 Å². The van der Waals surface area contributed by atoms with Crippen molar-refractivity contribution >= 4 is 28.4 Å². The minimum absolute atomic E-state index is 0.130. The lowest BCUT2D eigenvalue weighted by molar-refractivity contribution is -0.120. The molecule has 5 heteroatoms. The van der Waals surface area contributed by atoms with Crippen molar-refractivity contribution in [2.24, 2.45) is 5.92 Å². The summed E-state index contributed by atoms with van der Waals surface area (Å²) in [5.41, 5.74) is -0.130. The summed E-state index contributed by atoms with van der Waals surface area (Å²) in [5, 5.41) is 0. The van der Waals surface area contributed by atoms with Gasteiger partial charge < -0.3 is 0 Å². The molecule has 0 saturated heterocycles. The molecule has 0 atom stereocenters. The van der Waals surface area contributed by atoms with Crippen LogP contribution in [0.3, 0.4) is 0 Å². The normalized spacial score (nSPS) is 15.5. The molecule has 1 fully saturated rings. The molecule has 0 spiro atoms. The fourth-order valence-corrected chi connectivity index (χ4v) is 1.71. The lowest BCUT2D eigenvalue weighted by atomic mass is 10.2. The second kappa shape index (κ2) is 3.80. The van der Waals surface area contributed by atoms with Crippen LogP contribution in [-0.4, -0.2) is 15.3 Å². The minimum Gasteiger partial charge on any atom is -0.297 e. The second-order valence-corrected chi connectivity index (χ2v) is 4.58.